The van der Waals surface area contributed by atoms with Gasteiger partial charge in [0.25, 0.3) is 0 Å². The molecule has 68 valence electrons. The summed E-state index contributed by atoms with van der Waals surface area (Å²) in [6.07, 6.45) is -0.726. The van der Waals surface area contributed by atoms with Crippen LogP contribution < -0.4 is 0 Å². The van der Waals surface area contributed by atoms with Crippen LogP contribution >= 0.6 is 0 Å². The van der Waals surface area contributed by atoms with Gasteiger partial charge in [0.1, 0.15) is 0 Å². The van der Waals surface area contributed by atoms with Crippen molar-refractivity contribution in [2.45, 2.75) is 12.8 Å². The highest BCUT2D eigenvalue weighted by molar-refractivity contribution is 5.77. The molecule has 0 aromatic carbocycles. The molecule has 0 amide bonds. The third-order valence-electron chi connectivity index (χ3n) is 1.25. The lowest BCUT2D eigenvalue weighted by atomic mass is 10.0. The Morgan fingerprint density at radius 2 is 1.67 bits per heavy atom. The van der Waals surface area contributed by atoms with Crippen LogP contribution in [0, 0.1) is 5.92 Å². The lowest BCUT2D eigenvalue weighted by molar-refractivity contribution is -0.148. The number of aliphatic carboxylic acids is 2. The van der Waals surface area contributed by atoms with Crippen LogP contribution in [0.2, 0.25) is 0 Å². The Morgan fingerprint density at radius 1 is 1.17 bits per heavy atom. The molecule has 0 bridgehead atoms. The summed E-state index contributed by atoms with van der Waals surface area (Å²) in [5, 5.41) is 25.4. The quantitative estimate of drug-likeness (QED) is 0.531. The van der Waals surface area contributed by atoms with E-state index in [0.717, 1.165) is 0 Å². The number of carboxylic acid groups (broad SMARTS) is 2. The zero-order chi connectivity index (χ0) is 9.72. The number of rotatable bonds is 5. The molecule has 0 aliphatic rings. The lowest BCUT2D eigenvalue weighted by Gasteiger charge is -2.07. The van der Waals surface area contributed by atoms with Crippen LogP contribution in [-0.4, -0.2) is 27.3 Å². The minimum absolute atomic E-state index is 0.221. The Labute approximate surface area is 68.9 Å². The van der Waals surface area contributed by atoms with Gasteiger partial charge in [0, 0.05) is 6.42 Å². The number of carbonyl (C=O) groups is 2. The third kappa shape index (κ3) is 4.32. The van der Waals surface area contributed by atoms with Crippen LogP contribution in [0.3, 0.4) is 0 Å². The number of allylic oxidation sites excluding steroid dienone is 1. The van der Waals surface area contributed by atoms with Crippen LogP contribution in [0.15, 0.2) is 12.3 Å². The normalized spacial score (nSPS) is 12.0. The predicted octanol–water partition coefficient (Wildman–Crippen LogP) is 0.624. The van der Waals surface area contributed by atoms with Crippen LogP contribution in [0.25, 0.3) is 0 Å². The van der Waals surface area contributed by atoms with Crippen molar-refractivity contribution in [1.82, 2.24) is 0 Å². The number of carboxylic acids is 2. The molecule has 0 aromatic rings. The zero-order valence-corrected chi connectivity index (χ0v) is 6.36. The highest BCUT2D eigenvalue weighted by Gasteiger charge is 2.21. The molecule has 1 unspecified atom stereocenters. The van der Waals surface area contributed by atoms with Gasteiger partial charge in [-0.25, -0.2) is 0 Å². The molecule has 0 saturated carbocycles. The van der Waals surface area contributed by atoms with E-state index in [0.29, 0.717) is 0 Å². The summed E-state index contributed by atoms with van der Waals surface area (Å²) in [7, 11) is 0. The number of hydrogen-bond donors (Lipinski definition) is 3. The van der Waals surface area contributed by atoms with Gasteiger partial charge in [0.15, 0.2) is 0 Å². The van der Waals surface area contributed by atoms with Crippen molar-refractivity contribution in [3.05, 3.63) is 12.3 Å². The molecular formula is C7H10O5. The van der Waals surface area contributed by atoms with E-state index in [2.05, 4.69) is 6.58 Å². The largest absolute Gasteiger partial charge is 0.513 e. The molecule has 0 fully saturated rings. The number of hydrogen-bond acceptors (Lipinski definition) is 3. The van der Waals surface area contributed by atoms with Gasteiger partial charge in [-0.1, -0.05) is 6.58 Å². The van der Waals surface area contributed by atoms with Crippen LogP contribution in [0.1, 0.15) is 12.8 Å². The first-order valence-electron chi connectivity index (χ1n) is 3.24. The fourth-order valence-electron chi connectivity index (χ4n) is 0.742. The van der Waals surface area contributed by atoms with Gasteiger partial charge in [0.05, 0.1) is 18.1 Å². The Morgan fingerprint density at radius 3 is 1.92 bits per heavy atom. The van der Waals surface area contributed by atoms with Crippen LogP contribution in [-0.2, 0) is 9.59 Å². The number of aliphatic hydroxyl groups excluding tert-OH is 1. The van der Waals surface area contributed by atoms with E-state index < -0.39 is 24.3 Å². The van der Waals surface area contributed by atoms with E-state index in [1.165, 1.54) is 0 Å². The minimum Gasteiger partial charge on any atom is -0.513 e. The van der Waals surface area contributed by atoms with Gasteiger partial charge in [-0.15, -0.1) is 0 Å². The molecule has 0 aliphatic carbocycles. The van der Waals surface area contributed by atoms with E-state index in [1.54, 1.807) is 0 Å². The molecule has 0 rings (SSSR count). The molecule has 0 spiro atoms. The Kier molecular flexibility index (Phi) is 3.82. The van der Waals surface area contributed by atoms with Crippen molar-refractivity contribution in [2.24, 2.45) is 5.92 Å². The Bertz CT molecular complexity index is 192. The van der Waals surface area contributed by atoms with Gasteiger partial charge >= 0.3 is 11.9 Å². The van der Waals surface area contributed by atoms with Crippen molar-refractivity contribution in [1.29, 1.82) is 0 Å². The first kappa shape index (κ1) is 10.5. The standard InChI is InChI=1S/C7H10O5/c1-4(8)2-5(7(11)12)3-6(9)10/h5,8H,1-3H2,(H,9,10)(H,11,12). The fraction of sp³-hybridized carbons (Fsp3) is 0.429. The molecule has 12 heavy (non-hydrogen) atoms. The summed E-state index contributed by atoms with van der Waals surface area (Å²) in [5.74, 6) is -3.86. The molecule has 0 aliphatic heterocycles. The average Bonchev–Trinajstić information content (AvgIpc) is 1.83. The molecule has 0 saturated heterocycles. The molecule has 1 atom stereocenters. The molecule has 0 radical (unpaired) electrons. The maximum atomic E-state index is 10.4. The second kappa shape index (κ2) is 4.38. The van der Waals surface area contributed by atoms with E-state index in [9.17, 15) is 9.59 Å². The van der Waals surface area contributed by atoms with Crippen molar-refractivity contribution in [2.75, 3.05) is 0 Å². The molecular weight excluding hydrogens is 164 g/mol. The summed E-state index contributed by atoms with van der Waals surface area (Å²) >= 11 is 0. The smallest absolute Gasteiger partial charge is 0.307 e. The Balaban J connectivity index is 4.14. The summed E-state index contributed by atoms with van der Waals surface area (Å²) in [6.45, 7) is 3.08. The maximum Gasteiger partial charge on any atom is 0.307 e. The molecule has 5 heteroatoms. The second-order valence-electron chi connectivity index (χ2n) is 2.40. The minimum atomic E-state index is -1.24. The molecule has 0 aromatic heterocycles. The van der Waals surface area contributed by atoms with Crippen LogP contribution in [0.4, 0.5) is 0 Å². The van der Waals surface area contributed by atoms with Crippen molar-refractivity contribution in [3.8, 4) is 0 Å². The summed E-state index contributed by atoms with van der Waals surface area (Å²) in [4.78, 5) is 20.5. The predicted molar refractivity (Wildman–Crippen MR) is 39.8 cm³/mol. The second-order valence-corrected chi connectivity index (χ2v) is 2.40. The van der Waals surface area contributed by atoms with Crippen molar-refractivity contribution >= 4 is 11.9 Å². The van der Waals surface area contributed by atoms with E-state index in [-0.39, 0.29) is 12.2 Å². The van der Waals surface area contributed by atoms with Gasteiger partial charge < -0.3 is 15.3 Å². The van der Waals surface area contributed by atoms with E-state index in [1.807, 2.05) is 0 Å². The lowest BCUT2D eigenvalue weighted by Crippen LogP contribution is -2.18. The molecule has 0 heterocycles. The Hall–Kier alpha value is -1.52. The summed E-state index contributed by atoms with van der Waals surface area (Å²) in [5.41, 5.74) is 0. The first-order chi connectivity index (χ1) is 5.43. The molecule has 5 nitrogen and oxygen atoms in total. The van der Waals surface area contributed by atoms with Gasteiger partial charge in [-0.05, 0) is 0 Å². The maximum absolute atomic E-state index is 10.4. The van der Waals surface area contributed by atoms with E-state index in [4.69, 9.17) is 15.3 Å². The summed E-state index contributed by atoms with van der Waals surface area (Å²) < 4.78 is 0. The average molecular weight is 174 g/mol. The van der Waals surface area contributed by atoms with Gasteiger partial charge in [-0.3, -0.25) is 9.59 Å². The monoisotopic (exact) mass is 174 g/mol. The third-order valence-corrected chi connectivity index (χ3v) is 1.25. The van der Waals surface area contributed by atoms with Gasteiger partial charge in [-0.2, -0.15) is 0 Å². The topological polar surface area (TPSA) is 94.8 Å². The molecule has 3 N–H and O–H groups in total. The number of aliphatic hydroxyl groups is 1. The van der Waals surface area contributed by atoms with Gasteiger partial charge in [0.2, 0.25) is 0 Å². The van der Waals surface area contributed by atoms with Crippen LogP contribution in [0.5, 0.6) is 0 Å². The van der Waals surface area contributed by atoms with Crippen molar-refractivity contribution < 1.29 is 24.9 Å². The van der Waals surface area contributed by atoms with Crippen molar-refractivity contribution in [3.63, 3.8) is 0 Å². The highest BCUT2D eigenvalue weighted by Crippen LogP contribution is 2.12. The van der Waals surface area contributed by atoms with E-state index >= 15 is 0 Å². The summed E-state index contributed by atoms with van der Waals surface area (Å²) in [6, 6.07) is 0. The SMILES string of the molecule is C=C(O)CC(CC(=O)O)C(=O)O. The highest BCUT2D eigenvalue weighted by atomic mass is 16.4. The fourth-order valence-corrected chi connectivity index (χ4v) is 0.742. The first-order valence-corrected chi connectivity index (χ1v) is 3.24. The zero-order valence-electron chi connectivity index (χ0n) is 6.36.